The van der Waals surface area contributed by atoms with Gasteiger partial charge in [0.15, 0.2) is 0 Å². The first-order chi connectivity index (χ1) is 8.48. The molecule has 0 bridgehead atoms. The van der Waals surface area contributed by atoms with Crippen LogP contribution in [0.15, 0.2) is 24.3 Å². The predicted octanol–water partition coefficient (Wildman–Crippen LogP) is 2.29. The van der Waals surface area contributed by atoms with Crippen LogP contribution < -0.4 is 0 Å². The first kappa shape index (κ1) is 15.2. The first-order valence-electron chi connectivity index (χ1n) is 6.36. The van der Waals surface area contributed by atoms with Crippen molar-refractivity contribution in [3.05, 3.63) is 35.4 Å². The zero-order valence-corrected chi connectivity index (χ0v) is 11.9. The summed E-state index contributed by atoms with van der Waals surface area (Å²) >= 11 is 0. The van der Waals surface area contributed by atoms with Crippen molar-refractivity contribution >= 4 is 9.84 Å². The van der Waals surface area contributed by atoms with E-state index in [4.69, 9.17) is 0 Å². The largest absolute Gasteiger partial charge is 0.396 e. The highest BCUT2D eigenvalue weighted by Gasteiger charge is 2.16. The molecule has 0 radical (unpaired) electrons. The Balaban J connectivity index is 2.69. The van der Waals surface area contributed by atoms with Crippen LogP contribution in [0.2, 0.25) is 0 Å². The van der Waals surface area contributed by atoms with E-state index in [2.05, 4.69) is 0 Å². The van der Waals surface area contributed by atoms with Gasteiger partial charge in [-0.15, -0.1) is 0 Å². The van der Waals surface area contributed by atoms with Crippen molar-refractivity contribution in [1.29, 1.82) is 0 Å². The predicted molar refractivity (Wildman–Crippen MR) is 74.6 cm³/mol. The van der Waals surface area contributed by atoms with E-state index in [0.717, 1.165) is 11.1 Å². The quantitative estimate of drug-likeness (QED) is 0.827. The molecule has 0 fully saturated rings. The molecule has 0 aliphatic heterocycles. The average Bonchev–Trinajstić information content (AvgIpc) is 2.29. The van der Waals surface area contributed by atoms with E-state index in [1.54, 1.807) is 0 Å². The molecule has 102 valence electrons. The molecule has 18 heavy (non-hydrogen) atoms. The van der Waals surface area contributed by atoms with Crippen LogP contribution in [0.5, 0.6) is 0 Å². The van der Waals surface area contributed by atoms with Gasteiger partial charge in [-0.3, -0.25) is 0 Å². The molecule has 1 aromatic rings. The Morgan fingerprint density at radius 2 is 2.00 bits per heavy atom. The lowest BCUT2D eigenvalue weighted by Gasteiger charge is -2.15. The fourth-order valence-corrected chi connectivity index (χ4v) is 3.49. The van der Waals surface area contributed by atoms with Crippen LogP contribution in [0.25, 0.3) is 0 Å². The van der Waals surface area contributed by atoms with Gasteiger partial charge in [0.2, 0.25) is 0 Å². The van der Waals surface area contributed by atoms with Gasteiger partial charge in [0.25, 0.3) is 0 Å². The topological polar surface area (TPSA) is 54.4 Å². The summed E-state index contributed by atoms with van der Waals surface area (Å²) in [5.74, 6) is 0.301. The van der Waals surface area contributed by atoms with E-state index in [-0.39, 0.29) is 24.0 Å². The highest BCUT2D eigenvalue weighted by atomic mass is 32.2. The van der Waals surface area contributed by atoms with E-state index in [0.29, 0.717) is 12.8 Å². The standard InChI is InChI=1S/C14H22O3S/c1-3-8-18(16,17)9-7-14(11-15)13-6-4-5-12(2)10-13/h4-6,10,14-15H,3,7-9,11H2,1-2H3. The zero-order valence-electron chi connectivity index (χ0n) is 11.1. The number of hydrogen-bond donors (Lipinski definition) is 1. The number of rotatable bonds is 7. The summed E-state index contributed by atoms with van der Waals surface area (Å²) in [5.41, 5.74) is 2.14. The Morgan fingerprint density at radius 3 is 2.56 bits per heavy atom. The number of benzene rings is 1. The summed E-state index contributed by atoms with van der Waals surface area (Å²) < 4.78 is 23.3. The lowest BCUT2D eigenvalue weighted by atomic mass is 9.96. The van der Waals surface area contributed by atoms with Gasteiger partial charge in [0.1, 0.15) is 9.84 Å². The average molecular weight is 270 g/mol. The fourth-order valence-electron chi connectivity index (χ4n) is 2.02. The van der Waals surface area contributed by atoms with Gasteiger partial charge >= 0.3 is 0 Å². The van der Waals surface area contributed by atoms with Crippen LogP contribution in [0, 0.1) is 6.92 Å². The molecule has 0 aliphatic carbocycles. The summed E-state index contributed by atoms with van der Waals surface area (Å²) in [7, 11) is -2.97. The van der Waals surface area contributed by atoms with Crippen molar-refractivity contribution in [3.8, 4) is 0 Å². The number of aliphatic hydroxyl groups excluding tert-OH is 1. The Labute approximate surface area is 110 Å². The molecule has 1 aromatic carbocycles. The van der Waals surface area contributed by atoms with Crippen LogP contribution in [0.3, 0.4) is 0 Å². The lowest BCUT2D eigenvalue weighted by Crippen LogP contribution is -2.15. The van der Waals surface area contributed by atoms with Gasteiger partial charge in [-0.2, -0.15) is 0 Å². The number of aryl methyl sites for hydroxylation is 1. The third-order valence-corrected chi connectivity index (χ3v) is 4.91. The Kier molecular flexibility index (Phi) is 5.82. The van der Waals surface area contributed by atoms with Crippen LogP contribution >= 0.6 is 0 Å². The Hall–Kier alpha value is -0.870. The van der Waals surface area contributed by atoms with Gasteiger partial charge < -0.3 is 5.11 Å². The molecule has 0 amide bonds. The molecule has 3 nitrogen and oxygen atoms in total. The molecule has 1 N–H and O–H groups in total. The van der Waals surface area contributed by atoms with Crippen LogP contribution in [-0.2, 0) is 9.84 Å². The molecule has 0 spiro atoms. The van der Waals surface area contributed by atoms with E-state index in [1.165, 1.54) is 0 Å². The maximum atomic E-state index is 11.7. The van der Waals surface area contributed by atoms with Crippen molar-refractivity contribution < 1.29 is 13.5 Å². The third kappa shape index (κ3) is 4.78. The van der Waals surface area contributed by atoms with Crippen LogP contribution in [0.1, 0.15) is 36.8 Å². The molecular weight excluding hydrogens is 248 g/mol. The van der Waals surface area contributed by atoms with Gasteiger partial charge in [-0.1, -0.05) is 36.8 Å². The summed E-state index contributed by atoms with van der Waals surface area (Å²) in [6.07, 6.45) is 1.14. The van der Waals surface area contributed by atoms with E-state index < -0.39 is 9.84 Å². The Bertz CT molecular complexity index is 466. The molecule has 0 aliphatic rings. The van der Waals surface area contributed by atoms with Crippen molar-refractivity contribution in [2.45, 2.75) is 32.6 Å². The van der Waals surface area contributed by atoms with Gasteiger partial charge in [0.05, 0.1) is 5.75 Å². The minimum atomic E-state index is -2.97. The smallest absolute Gasteiger partial charge is 0.150 e. The van der Waals surface area contributed by atoms with Crippen molar-refractivity contribution in [2.24, 2.45) is 0 Å². The second-order valence-corrected chi connectivity index (χ2v) is 7.04. The first-order valence-corrected chi connectivity index (χ1v) is 8.18. The SMILES string of the molecule is CCCS(=O)(=O)CCC(CO)c1cccc(C)c1. The van der Waals surface area contributed by atoms with Gasteiger partial charge in [-0.05, 0) is 25.3 Å². The van der Waals surface area contributed by atoms with Crippen LogP contribution in [0.4, 0.5) is 0 Å². The maximum Gasteiger partial charge on any atom is 0.150 e. The molecule has 0 saturated heterocycles. The third-order valence-electron chi connectivity index (χ3n) is 3.03. The number of aliphatic hydroxyl groups is 1. The minimum absolute atomic E-state index is 0.00883. The Morgan fingerprint density at radius 1 is 1.28 bits per heavy atom. The molecular formula is C14H22O3S. The van der Waals surface area contributed by atoms with E-state index in [9.17, 15) is 13.5 Å². The van der Waals surface area contributed by atoms with Crippen molar-refractivity contribution in [1.82, 2.24) is 0 Å². The van der Waals surface area contributed by atoms with Crippen LogP contribution in [-0.4, -0.2) is 31.6 Å². The molecule has 1 atom stereocenters. The highest BCUT2D eigenvalue weighted by molar-refractivity contribution is 7.91. The lowest BCUT2D eigenvalue weighted by molar-refractivity contribution is 0.262. The molecule has 0 heterocycles. The summed E-state index contributed by atoms with van der Waals surface area (Å²) in [6, 6.07) is 7.88. The fraction of sp³-hybridized carbons (Fsp3) is 0.571. The zero-order chi connectivity index (χ0) is 13.6. The summed E-state index contributed by atoms with van der Waals surface area (Å²) in [6.45, 7) is 3.85. The second-order valence-electron chi connectivity index (χ2n) is 4.73. The molecule has 1 unspecified atom stereocenters. The van der Waals surface area contributed by atoms with E-state index in [1.807, 2.05) is 38.1 Å². The minimum Gasteiger partial charge on any atom is -0.396 e. The second kappa shape index (κ2) is 6.90. The van der Waals surface area contributed by atoms with Crippen molar-refractivity contribution in [3.63, 3.8) is 0 Å². The molecule has 4 heteroatoms. The summed E-state index contributed by atoms with van der Waals surface area (Å²) in [5, 5.41) is 9.40. The van der Waals surface area contributed by atoms with Gasteiger partial charge in [0, 0.05) is 18.3 Å². The highest BCUT2D eigenvalue weighted by Crippen LogP contribution is 2.21. The number of sulfone groups is 1. The molecule has 1 rings (SSSR count). The maximum absolute atomic E-state index is 11.7. The summed E-state index contributed by atoms with van der Waals surface area (Å²) in [4.78, 5) is 0. The monoisotopic (exact) mass is 270 g/mol. The number of hydrogen-bond acceptors (Lipinski definition) is 3. The normalized spacial score (nSPS) is 13.5. The van der Waals surface area contributed by atoms with Gasteiger partial charge in [-0.25, -0.2) is 8.42 Å². The molecule has 0 aromatic heterocycles. The molecule has 0 saturated carbocycles. The van der Waals surface area contributed by atoms with Crippen molar-refractivity contribution in [2.75, 3.05) is 18.1 Å². The van der Waals surface area contributed by atoms with E-state index >= 15 is 0 Å².